The highest BCUT2D eigenvalue weighted by molar-refractivity contribution is 5.87. The second kappa shape index (κ2) is 7.68. The van der Waals surface area contributed by atoms with E-state index >= 15 is 0 Å². The van der Waals surface area contributed by atoms with Gasteiger partial charge in [-0.15, -0.1) is 0 Å². The molecular formula is C13H22N4O2. The molecule has 0 aliphatic heterocycles. The SMILES string of the molecule is CCCN(CCN(C)C)c1cncc(C(=O)OC)n1. The summed E-state index contributed by atoms with van der Waals surface area (Å²) in [7, 11) is 5.40. The van der Waals surface area contributed by atoms with E-state index < -0.39 is 5.97 Å². The van der Waals surface area contributed by atoms with Crippen LogP contribution in [0.15, 0.2) is 12.4 Å². The van der Waals surface area contributed by atoms with E-state index in [0.717, 1.165) is 26.1 Å². The maximum Gasteiger partial charge on any atom is 0.358 e. The molecule has 0 spiro atoms. The Labute approximate surface area is 114 Å². The van der Waals surface area contributed by atoms with Crippen molar-refractivity contribution in [2.24, 2.45) is 0 Å². The molecule has 0 bridgehead atoms. The first-order valence-corrected chi connectivity index (χ1v) is 6.38. The Kier molecular flexibility index (Phi) is 6.21. The number of nitrogens with zero attached hydrogens (tertiary/aromatic N) is 4. The number of hydrogen-bond donors (Lipinski definition) is 0. The molecule has 0 N–H and O–H groups in total. The van der Waals surface area contributed by atoms with E-state index in [-0.39, 0.29) is 5.69 Å². The molecule has 1 heterocycles. The molecule has 19 heavy (non-hydrogen) atoms. The molecule has 6 heteroatoms. The molecule has 1 aromatic heterocycles. The lowest BCUT2D eigenvalue weighted by atomic mass is 10.3. The van der Waals surface area contributed by atoms with Crippen molar-refractivity contribution in [3.05, 3.63) is 18.1 Å². The molecule has 6 nitrogen and oxygen atoms in total. The van der Waals surface area contributed by atoms with Crippen LogP contribution in [-0.2, 0) is 4.74 Å². The van der Waals surface area contributed by atoms with Crippen LogP contribution in [0.4, 0.5) is 5.82 Å². The Morgan fingerprint density at radius 3 is 2.58 bits per heavy atom. The summed E-state index contributed by atoms with van der Waals surface area (Å²) in [4.78, 5) is 24.1. The molecule has 1 aromatic rings. The van der Waals surface area contributed by atoms with Crippen LogP contribution in [0.2, 0.25) is 0 Å². The largest absolute Gasteiger partial charge is 0.464 e. The van der Waals surface area contributed by atoms with Gasteiger partial charge in [0.1, 0.15) is 5.82 Å². The lowest BCUT2D eigenvalue weighted by Crippen LogP contribution is -2.33. The van der Waals surface area contributed by atoms with Gasteiger partial charge in [-0.3, -0.25) is 4.98 Å². The molecule has 0 fully saturated rings. The Morgan fingerprint density at radius 1 is 1.26 bits per heavy atom. The summed E-state index contributed by atoms with van der Waals surface area (Å²) < 4.78 is 4.66. The van der Waals surface area contributed by atoms with Gasteiger partial charge in [-0.25, -0.2) is 9.78 Å². The van der Waals surface area contributed by atoms with Gasteiger partial charge in [0.15, 0.2) is 5.69 Å². The van der Waals surface area contributed by atoms with Crippen LogP contribution in [0.1, 0.15) is 23.8 Å². The van der Waals surface area contributed by atoms with Crippen LogP contribution in [-0.4, -0.2) is 61.7 Å². The van der Waals surface area contributed by atoms with Gasteiger partial charge in [-0.2, -0.15) is 0 Å². The minimum Gasteiger partial charge on any atom is -0.464 e. The summed E-state index contributed by atoms with van der Waals surface area (Å²) >= 11 is 0. The van der Waals surface area contributed by atoms with Gasteiger partial charge in [0, 0.05) is 19.6 Å². The monoisotopic (exact) mass is 266 g/mol. The van der Waals surface area contributed by atoms with Crippen molar-refractivity contribution in [3.63, 3.8) is 0 Å². The lowest BCUT2D eigenvalue weighted by Gasteiger charge is -2.24. The topological polar surface area (TPSA) is 58.6 Å². The molecule has 1 rings (SSSR count). The third-order valence-corrected chi connectivity index (χ3v) is 2.65. The van der Waals surface area contributed by atoms with Crippen molar-refractivity contribution >= 4 is 11.8 Å². The van der Waals surface area contributed by atoms with Crippen molar-refractivity contribution in [3.8, 4) is 0 Å². The number of hydrogen-bond acceptors (Lipinski definition) is 6. The van der Waals surface area contributed by atoms with Crippen LogP contribution in [0.3, 0.4) is 0 Å². The fourth-order valence-electron chi connectivity index (χ4n) is 1.64. The quantitative estimate of drug-likeness (QED) is 0.687. The highest BCUT2D eigenvalue weighted by Gasteiger charge is 2.12. The number of esters is 1. The smallest absolute Gasteiger partial charge is 0.358 e. The first-order valence-electron chi connectivity index (χ1n) is 6.38. The van der Waals surface area contributed by atoms with Gasteiger partial charge < -0.3 is 14.5 Å². The number of likely N-dealkylation sites (N-methyl/N-ethyl adjacent to an activating group) is 1. The summed E-state index contributed by atoms with van der Waals surface area (Å²) in [5.74, 6) is 0.255. The van der Waals surface area contributed by atoms with Gasteiger partial charge in [-0.1, -0.05) is 6.92 Å². The van der Waals surface area contributed by atoms with Crippen LogP contribution in [0.25, 0.3) is 0 Å². The zero-order valence-electron chi connectivity index (χ0n) is 12.1. The summed E-state index contributed by atoms with van der Waals surface area (Å²) in [6, 6.07) is 0. The standard InChI is InChI=1S/C13H22N4O2/c1-5-6-17(8-7-16(2)3)12-10-14-9-11(15-12)13(18)19-4/h9-10H,5-8H2,1-4H3. The van der Waals surface area contributed by atoms with E-state index in [1.54, 1.807) is 6.20 Å². The Morgan fingerprint density at radius 2 is 2.00 bits per heavy atom. The van der Waals surface area contributed by atoms with E-state index in [1.807, 2.05) is 14.1 Å². The maximum atomic E-state index is 11.5. The Bertz CT molecular complexity index is 409. The van der Waals surface area contributed by atoms with E-state index in [0.29, 0.717) is 5.82 Å². The van der Waals surface area contributed by atoms with Crippen LogP contribution < -0.4 is 4.90 Å². The molecule has 0 aromatic carbocycles. The number of aromatic nitrogens is 2. The van der Waals surface area contributed by atoms with Crippen molar-refractivity contribution in [1.29, 1.82) is 0 Å². The first kappa shape index (κ1) is 15.4. The molecule has 0 unspecified atom stereocenters. The number of carbonyl (C=O) groups is 1. The van der Waals surface area contributed by atoms with Gasteiger partial charge >= 0.3 is 5.97 Å². The van der Waals surface area contributed by atoms with Crippen molar-refractivity contribution in [1.82, 2.24) is 14.9 Å². The average molecular weight is 266 g/mol. The highest BCUT2D eigenvalue weighted by Crippen LogP contribution is 2.10. The predicted octanol–water partition coefficient (Wildman–Crippen LogP) is 1.04. The normalized spacial score (nSPS) is 10.6. The summed E-state index contributed by atoms with van der Waals surface area (Å²) in [6.07, 6.45) is 4.11. The fourth-order valence-corrected chi connectivity index (χ4v) is 1.64. The summed E-state index contributed by atoms with van der Waals surface area (Å²) in [5, 5.41) is 0. The van der Waals surface area contributed by atoms with Crippen LogP contribution in [0, 0.1) is 0 Å². The van der Waals surface area contributed by atoms with Crippen molar-refractivity contribution in [2.45, 2.75) is 13.3 Å². The van der Waals surface area contributed by atoms with Gasteiger partial charge in [0.05, 0.1) is 19.5 Å². The zero-order chi connectivity index (χ0) is 14.3. The van der Waals surface area contributed by atoms with Crippen molar-refractivity contribution < 1.29 is 9.53 Å². The Balaban J connectivity index is 2.85. The molecule has 0 aliphatic carbocycles. The molecule has 106 valence electrons. The second-order valence-electron chi connectivity index (χ2n) is 4.54. The Hall–Kier alpha value is -1.69. The molecular weight excluding hydrogens is 244 g/mol. The minimum atomic E-state index is -0.460. The van der Waals surface area contributed by atoms with Crippen LogP contribution in [0.5, 0.6) is 0 Å². The number of carbonyl (C=O) groups excluding carboxylic acids is 1. The second-order valence-corrected chi connectivity index (χ2v) is 4.54. The number of ether oxygens (including phenoxy) is 1. The van der Waals surface area contributed by atoms with Crippen molar-refractivity contribution in [2.75, 3.05) is 45.7 Å². The van der Waals surface area contributed by atoms with Gasteiger partial charge in [-0.05, 0) is 20.5 Å². The van der Waals surface area contributed by atoms with Gasteiger partial charge in [0.25, 0.3) is 0 Å². The molecule has 0 radical (unpaired) electrons. The number of rotatable bonds is 7. The average Bonchev–Trinajstić information content (AvgIpc) is 2.42. The molecule has 0 amide bonds. The first-order chi connectivity index (χ1) is 9.08. The summed E-state index contributed by atoms with van der Waals surface area (Å²) in [6.45, 7) is 4.76. The number of methoxy groups -OCH3 is 1. The fraction of sp³-hybridized carbons (Fsp3) is 0.615. The van der Waals surface area contributed by atoms with Gasteiger partial charge in [0.2, 0.25) is 0 Å². The highest BCUT2D eigenvalue weighted by atomic mass is 16.5. The summed E-state index contributed by atoms with van der Waals surface area (Å²) in [5.41, 5.74) is 0.242. The van der Waals surface area contributed by atoms with E-state index in [4.69, 9.17) is 0 Å². The van der Waals surface area contributed by atoms with Crippen LogP contribution >= 0.6 is 0 Å². The third-order valence-electron chi connectivity index (χ3n) is 2.65. The molecule has 0 aliphatic rings. The minimum absolute atomic E-state index is 0.242. The number of anilines is 1. The third kappa shape index (κ3) is 4.82. The van der Waals surface area contributed by atoms with E-state index in [2.05, 4.69) is 31.4 Å². The maximum absolute atomic E-state index is 11.5. The molecule has 0 saturated heterocycles. The van der Waals surface area contributed by atoms with E-state index in [9.17, 15) is 4.79 Å². The lowest BCUT2D eigenvalue weighted by molar-refractivity contribution is 0.0593. The predicted molar refractivity (Wildman–Crippen MR) is 74.4 cm³/mol. The zero-order valence-corrected chi connectivity index (χ0v) is 12.1. The molecule has 0 saturated carbocycles. The molecule has 0 atom stereocenters. The van der Waals surface area contributed by atoms with E-state index in [1.165, 1.54) is 13.3 Å².